The highest BCUT2D eigenvalue weighted by atomic mass is 32.2. The van der Waals surface area contributed by atoms with E-state index in [1.165, 1.54) is 62.5 Å². The molecule has 5 rings (SSSR count). The van der Waals surface area contributed by atoms with Gasteiger partial charge in [-0.25, -0.2) is 22.5 Å². The smallest absolute Gasteiger partial charge is 0.264 e. The summed E-state index contributed by atoms with van der Waals surface area (Å²) in [7, 11) is -3.64. The average Bonchev–Trinajstić information content (AvgIpc) is 3.35. The maximum Gasteiger partial charge on any atom is 0.264 e. The molecule has 13 heteroatoms. The number of ether oxygens (including phenoxy) is 1. The fraction of sp³-hybridized carbons (Fsp3) is 0.280. The molecule has 0 unspecified atom stereocenters. The lowest BCUT2D eigenvalue weighted by Crippen LogP contribution is -2.40. The largest absolute Gasteiger partial charge is 0.379 e. The van der Waals surface area contributed by atoms with Crippen LogP contribution in [-0.2, 0) is 27.8 Å². The SMILES string of the molecule is O=C(NCCn1ncc2c(=O)n(Cc3ccc(F)cc3)cnc21)c1ccc(S(=O)(=O)N2CCOCC2)cc1. The minimum absolute atomic E-state index is 0.120. The third-order valence-electron chi connectivity index (χ3n) is 6.22. The van der Waals surface area contributed by atoms with Gasteiger partial charge in [-0.05, 0) is 42.0 Å². The number of amides is 1. The van der Waals surface area contributed by atoms with Crippen LogP contribution in [0.3, 0.4) is 0 Å². The number of nitrogens with one attached hydrogen (secondary N) is 1. The molecule has 11 nitrogen and oxygen atoms in total. The normalized spacial score (nSPS) is 14.6. The van der Waals surface area contributed by atoms with Crippen LogP contribution < -0.4 is 10.9 Å². The standard InChI is InChI=1S/C25H25FN6O5S/c26-20-5-1-18(2-6-20)16-30-17-28-23-22(25(30)34)15-29-32(23)10-9-27-24(33)19-3-7-21(8-4-19)38(35,36)31-11-13-37-14-12-31/h1-8,15,17H,9-14,16H2,(H,27,33). The number of sulfonamides is 1. The van der Waals surface area contributed by atoms with Gasteiger partial charge in [-0.1, -0.05) is 12.1 Å². The Morgan fingerprint density at radius 3 is 2.47 bits per heavy atom. The summed E-state index contributed by atoms with van der Waals surface area (Å²) in [5.41, 5.74) is 1.19. The third-order valence-corrected chi connectivity index (χ3v) is 8.13. The molecule has 1 aliphatic heterocycles. The van der Waals surface area contributed by atoms with Crippen molar-refractivity contribution in [1.82, 2.24) is 29.0 Å². The number of rotatable bonds is 8. The first-order chi connectivity index (χ1) is 18.3. The van der Waals surface area contributed by atoms with Gasteiger partial charge >= 0.3 is 0 Å². The van der Waals surface area contributed by atoms with Gasteiger partial charge in [-0.2, -0.15) is 9.40 Å². The molecule has 0 atom stereocenters. The lowest BCUT2D eigenvalue weighted by Gasteiger charge is -2.26. The summed E-state index contributed by atoms with van der Waals surface area (Å²) < 4.78 is 48.2. The maximum absolute atomic E-state index is 13.1. The number of morpholine rings is 1. The van der Waals surface area contributed by atoms with Crippen LogP contribution in [0.15, 0.2) is 70.7 Å². The Bertz CT molecular complexity index is 1610. The van der Waals surface area contributed by atoms with Gasteiger partial charge in [0.15, 0.2) is 5.65 Å². The lowest BCUT2D eigenvalue weighted by atomic mass is 10.2. The second-order valence-corrected chi connectivity index (χ2v) is 10.6. The molecule has 198 valence electrons. The summed E-state index contributed by atoms with van der Waals surface area (Å²) in [6.07, 6.45) is 2.85. The van der Waals surface area contributed by atoms with E-state index >= 15 is 0 Å². The van der Waals surface area contributed by atoms with Crippen LogP contribution in [0.2, 0.25) is 0 Å². The number of hydrogen-bond donors (Lipinski definition) is 1. The monoisotopic (exact) mass is 540 g/mol. The van der Waals surface area contributed by atoms with Crippen molar-refractivity contribution in [2.45, 2.75) is 18.0 Å². The molecule has 1 amide bonds. The number of carbonyl (C=O) groups excluding carboxylic acids is 1. The van der Waals surface area contributed by atoms with Crippen molar-refractivity contribution in [2.75, 3.05) is 32.8 Å². The van der Waals surface area contributed by atoms with Gasteiger partial charge in [0.25, 0.3) is 11.5 Å². The predicted octanol–water partition coefficient (Wildman–Crippen LogP) is 1.23. The summed E-state index contributed by atoms with van der Waals surface area (Å²) >= 11 is 0. The average molecular weight is 541 g/mol. The first kappa shape index (κ1) is 25.7. The summed E-state index contributed by atoms with van der Waals surface area (Å²) in [6, 6.07) is 11.7. The molecule has 1 fully saturated rings. The molecule has 0 saturated carbocycles. The van der Waals surface area contributed by atoms with Gasteiger partial charge in [0, 0.05) is 25.2 Å². The topological polar surface area (TPSA) is 128 Å². The fourth-order valence-corrected chi connectivity index (χ4v) is 5.56. The predicted molar refractivity (Wildman–Crippen MR) is 136 cm³/mol. The molecule has 38 heavy (non-hydrogen) atoms. The van der Waals surface area contributed by atoms with E-state index in [1.807, 2.05) is 0 Å². The van der Waals surface area contributed by atoms with Crippen molar-refractivity contribution in [1.29, 1.82) is 0 Å². The van der Waals surface area contributed by atoms with Gasteiger partial charge in [0.1, 0.15) is 17.5 Å². The van der Waals surface area contributed by atoms with Gasteiger partial charge in [-0.3, -0.25) is 14.2 Å². The van der Waals surface area contributed by atoms with E-state index in [0.29, 0.717) is 42.9 Å². The molecule has 0 spiro atoms. The molecule has 0 aliphatic carbocycles. The van der Waals surface area contributed by atoms with Gasteiger partial charge in [0.2, 0.25) is 10.0 Å². The molecular weight excluding hydrogens is 515 g/mol. The Labute approximate surface area is 217 Å². The molecule has 2 aromatic heterocycles. The van der Waals surface area contributed by atoms with Crippen molar-refractivity contribution >= 4 is 27.0 Å². The zero-order valence-electron chi connectivity index (χ0n) is 20.3. The quantitative estimate of drug-likeness (QED) is 0.356. The molecule has 0 radical (unpaired) electrons. The molecular formula is C25H25FN6O5S. The van der Waals surface area contributed by atoms with Crippen molar-refractivity contribution in [3.63, 3.8) is 0 Å². The molecule has 1 N–H and O–H groups in total. The zero-order valence-corrected chi connectivity index (χ0v) is 21.1. The number of halogens is 1. The third kappa shape index (κ3) is 5.35. The lowest BCUT2D eigenvalue weighted by molar-refractivity contribution is 0.0730. The zero-order chi connectivity index (χ0) is 26.7. The van der Waals surface area contributed by atoms with Gasteiger partial charge < -0.3 is 10.1 Å². The number of benzene rings is 2. The Morgan fingerprint density at radius 2 is 1.76 bits per heavy atom. The van der Waals surface area contributed by atoms with Crippen LogP contribution in [0.25, 0.3) is 11.0 Å². The van der Waals surface area contributed by atoms with E-state index in [2.05, 4.69) is 15.4 Å². The molecule has 2 aromatic carbocycles. The molecule has 4 aromatic rings. The Morgan fingerprint density at radius 1 is 1.05 bits per heavy atom. The number of fused-ring (bicyclic) bond motifs is 1. The summed E-state index contributed by atoms with van der Waals surface area (Å²) in [4.78, 5) is 29.9. The van der Waals surface area contributed by atoms with Crippen LogP contribution >= 0.6 is 0 Å². The first-order valence-corrected chi connectivity index (χ1v) is 13.4. The van der Waals surface area contributed by atoms with Crippen LogP contribution in [-0.4, -0.2) is 70.8 Å². The minimum Gasteiger partial charge on any atom is -0.379 e. The second kappa shape index (κ2) is 10.8. The van der Waals surface area contributed by atoms with E-state index in [1.54, 1.807) is 12.1 Å². The number of hydrogen-bond acceptors (Lipinski definition) is 7. The van der Waals surface area contributed by atoms with E-state index in [4.69, 9.17) is 4.74 Å². The Hall–Kier alpha value is -3.94. The van der Waals surface area contributed by atoms with Crippen molar-refractivity contribution in [3.05, 3.63) is 88.4 Å². The molecule has 1 saturated heterocycles. The first-order valence-electron chi connectivity index (χ1n) is 11.9. The number of nitrogens with zero attached hydrogens (tertiary/aromatic N) is 5. The van der Waals surface area contributed by atoms with Crippen LogP contribution in [0.1, 0.15) is 15.9 Å². The molecule has 3 heterocycles. The highest BCUT2D eigenvalue weighted by molar-refractivity contribution is 7.89. The van der Waals surface area contributed by atoms with Crippen LogP contribution in [0.4, 0.5) is 4.39 Å². The Balaban J connectivity index is 1.20. The summed E-state index contributed by atoms with van der Waals surface area (Å²) in [5, 5.41) is 7.33. The van der Waals surface area contributed by atoms with Gasteiger partial charge in [0.05, 0.1) is 37.4 Å². The summed E-state index contributed by atoms with van der Waals surface area (Å²) in [5.74, 6) is -0.719. The fourth-order valence-electron chi connectivity index (χ4n) is 4.15. The highest BCUT2D eigenvalue weighted by Crippen LogP contribution is 2.18. The van der Waals surface area contributed by atoms with Crippen LogP contribution in [0.5, 0.6) is 0 Å². The van der Waals surface area contributed by atoms with E-state index in [9.17, 15) is 22.4 Å². The maximum atomic E-state index is 13.1. The van der Waals surface area contributed by atoms with Gasteiger partial charge in [-0.15, -0.1) is 0 Å². The van der Waals surface area contributed by atoms with Crippen molar-refractivity contribution in [2.24, 2.45) is 0 Å². The number of carbonyl (C=O) groups is 1. The highest BCUT2D eigenvalue weighted by Gasteiger charge is 2.26. The number of aromatic nitrogens is 4. The van der Waals surface area contributed by atoms with E-state index in [-0.39, 0.29) is 41.8 Å². The van der Waals surface area contributed by atoms with E-state index in [0.717, 1.165) is 5.56 Å². The van der Waals surface area contributed by atoms with Crippen molar-refractivity contribution in [3.8, 4) is 0 Å². The minimum atomic E-state index is -3.64. The Kier molecular flexibility index (Phi) is 7.31. The van der Waals surface area contributed by atoms with Crippen molar-refractivity contribution < 1.29 is 22.3 Å². The summed E-state index contributed by atoms with van der Waals surface area (Å²) in [6.45, 7) is 2.03. The molecule has 1 aliphatic rings. The van der Waals surface area contributed by atoms with Crippen LogP contribution in [0, 0.1) is 5.82 Å². The van der Waals surface area contributed by atoms with E-state index < -0.39 is 10.0 Å². The second-order valence-electron chi connectivity index (χ2n) is 8.71. The molecule has 0 bridgehead atoms.